The Kier molecular flexibility index (Phi) is 5.05. The van der Waals surface area contributed by atoms with Gasteiger partial charge >= 0.3 is 0 Å². The fourth-order valence-electron chi connectivity index (χ4n) is 1.93. The molecular formula is C17H19N3O. The number of nitrogens with zero attached hydrogens (tertiary/aromatic N) is 1. The molecule has 0 aliphatic rings. The number of nitrogen functional groups attached to an aromatic ring is 1. The molecule has 4 heteroatoms. The van der Waals surface area contributed by atoms with Crippen molar-refractivity contribution in [3.05, 3.63) is 53.6 Å². The van der Waals surface area contributed by atoms with Gasteiger partial charge in [-0.3, -0.25) is 0 Å². The van der Waals surface area contributed by atoms with Gasteiger partial charge in [0.05, 0.1) is 18.2 Å². The summed E-state index contributed by atoms with van der Waals surface area (Å²) in [7, 11) is 0. The molecule has 0 amide bonds. The van der Waals surface area contributed by atoms with E-state index < -0.39 is 0 Å². The van der Waals surface area contributed by atoms with Crippen molar-refractivity contribution in [1.82, 2.24) is 0 Å². The molecule has 2 aromatic carbocycles. The third-order valence-electron chi connectivity index (χ3n) is 2.98. The molecule has 2 aromatic rings. The highest BCUT2D eigenvalue weighted by Gasteiger charge is 2.01. The van der Waals surface area contributed by atoms with Crippen LogP contribution in [0.25, 0.3) is 0 Å². The molecule has 0 aliphatic carbocycles. The molecule has 0 fully saturated rings. The van der Waals surface area contributed by atoms with Crippen LogP contribution >= 0.6 is 0 Å². The fourth-order valence-corrected chi connectivity index (χ4v) is 1.93. The Labute approximate surface area is 125 Å². The van der Waals surface area contributed by atoms with Crippen molar-refractivity contribution < 1.29 is 4.74 Å². The molecule has 0 saturated carbocycles. The smallest absolute Gasteiger partial charge is 0.123 e. The van der Waals surface area contributed by atoms with Gasteiger partial charge in [0.25, 0.3) is 0 Å². The van der Waals surface area contributed by atoms with Crippen LogP contribution in [0.4, 0.5) is 11.4 Å². The highest BCUT2D eigenvalue weighted by Crippen LogP contribution is 2.23. The first-order chi connectivity index (χ1) is 10.2. The van der Waals surface area contributed by atoms with Crippen molar-refractivity contribution in [2.45, 2.75) is 19.9 Å². The van der Waals surface area contributed by atoms with Gasteiger partial charge in [0, 0.05) is 30.1 Å². The summed E-state index contributed by atoms with van der Waals surface area (Å²) >= 11 is 0. The van der Waals surface area contributed by atoms with Crippen molar-refractivity contribution in [1.29, 1.82) is 5.26 Å². The summed E-state index contributed by atoms with van der Waals surface area (Å²) in [6, 6.07) is 15.2. The summed E-state index contributed by atoms with van der Waals surface area (Å²) in [4.78, 5) is 0. The number of ether oxygens (including phenoxy) is 1. The second-order valence-electron chi connectivity index (χ2n) is 4.80. The van der Waals surface area contributed by atoms with Crippen molar-refractivity contribution in [3.8, 4) is 11.8 Å². The first kappa shape index (κ1) is 14.7. The van der Waals surface area contributed by atoms with E-state index in [-0.39, 0.29) is 0 Å². The maximum absolute atomic E-state index is 8.77. The molecule has 0 radical (unpaired) electrons. The zero-order valence-corrected chi connectivity index (χ0v) is 12.1. The first-order valence-corrected chi connectivity index (χ1v) is 6.97. The van der Waals surface area contributed by atoms with Gasteiger partial charge in [-0.1, -0.05) is 19.1 Å². The quantitative estimate of drug-likeness (QED) is 0.794. The molecule has 0 unspecified atom stereocenters. The molecule has 0 saturated heterocycles. The molecule has 0 bridgehead atoms. The summed E-state index contributed by atoms with van der Waals surface area (Å²) in [5.74, 6) is 0.777. The third kappa shape index (κ3) is 4.43. The van der Waals surface area contributed by atoms with Crippen molar-refractivity contribution in [2.75, 3.05) is 17.7 Å². The zero-order valence-electron chi connectivity index (χ0n) is 12.1. The van der Waals surface area contributed by atoms with E-state index in [9.17, 15) is 0 Å². The van der Waals surface area contributed by atoms with Gasteiger partial charge in [0.2, 0.25) is 0 Å². The van der Waals surface area contributed by atoms with Crippen LogP contribution in [0.1, 0.15) is 24.5 Å². The lowest BCUT2D eigenvalue weighted by atomic mass is 10.1. The predicted molar refractivity (Wildman–Crippen MR) is 85.1 cm³/mol. The predicted octanol–water partition coefficient (Wildman–Crippen LogP) is 3.54. The molecule has 0 spiro atoms. The van der Waals surface area contributed by atoms with Crippen LogP contribution in [-0.2, 0) is 6.54 Å². The number of nitrogens with one attached hydrogen (secondary N) is 1. The molecule has 4 nitrogen and oxygen atoms in total. The lowest BCUT2D eigenvalue weighted by Gasteiger charge is -2.11. The van der Waals surface area contributed by atoms with E-state index in [1.807, 2.05) is 42.5 Å². The van der Waals surface area contributed by atoms with Crippen LogP contribution in [-0.4, -0.2) is 6.61 Å². The van der Waals surface area contributed by atoms with E-state index in [0.717, 1.165) is 23.4 Å². The lowest BCUT2D eigenvalue weighted by molar-refractivity contribution is 0.318. The van der Waals surface area contributed by atoms with Crippen molar-refractivity contribution >= 4 is 11.4 Å². The normalized spacial score (nSPS) is 9.90. The second-order valence-corrected chi connectivity index (χ2v) is 4.80. The van der Waals surface area contributed by atoms with Crippen LogP contribution in [0.5, 0.6) is 5.75 Å². The molecule has 0 aliphatic heterocycles. The largest absolute Gasteiger partial charge is 0.493 e. The highest BCUT2D eigenvalue weighted by molar-refractivity contribution is 5.59. The van der Waals surface area contributed by atoms with Gasteiger partial charge in [-0.15, -0.1) is 0 Å². The van der Waals surface area contributed by atoms with E-state index in [1.54, 1.807) is 0 Å². The van der Waals surface area contributed by atoms with Crippen molar-refractivity contribution in [2.24, 2.45) is 0 Å². The maximum Gasteiger partial charge on any atom is 0.123 e. The Balaban J connectivity index is 2.01. The first-order valence-electron chi connectivity index (χ1n) is 6.97. The van der Waals surface area contributed by atoms with Crippen LogP contribution in [0.2, 0.25) is 0 Å². The molecule has 21 heavy (non-hydrogen) atoms. The van der Waals surface area contributed by atoms with Gasteiger partial charge in [-0.25, -0.2) is 0 Å². The minimum atomic E-state index is 0.665. The van der Waals surface area contributed by atoms with E-state index >= 15 is 0 Å². The summed E-state index contributed by atoms with van der Waals surface area (Å²) < 4.78 is 5.60. The minimum absolute atomic E-state index is 0.665. The number of nitriles is 1. The third-order valence-corrected chi connectivity index (χ3v) is 2.98. The van der Waals surface area contributed by atoms with Crippen molar-refractivity contribution in [3.63, 3.8) is 0 Å². The summed E-state index contributed by atoms with van der Waals surface area (Å²) in [6.45, 7) is 3.41. The Morgan fingerprint density at radius 3 is 2.62 bits per heavy atom. The SMILES string of the molecule is CCCOc1cc(N)cc(NCc2ccc(C#N)cc2)c1. The minimum Gasteiger partial charge on any atom is -0.493 e. The van der Waals surface area contributed by atoms with Gasteiger partial charge < -0.3 is 15.8 Å². The topological polar surface area (TPSA) is 71.1 Å². The molecule has 2 rings (SSSR count). The Morgan fingerprint density at radius 1 is 1.19 bits per heavy atom. The Morgan fingerprint density at radius 2 is 1.95 bits per heavy atom. The fraction of sp³-hybridized carbons (Fsp3) is 0.235. The summed E-state index contributed by atoms with van der Waals surface area (Å²) in [5, 5.41) is 12.1. The summed E-state index contributed by atoms with van der Waals surface area (Å²) in [6.07, 6.45) is 0.961. The van der Waals surface area contributed by atoms with Crippen LogP contribution < -0.4 is 15.8 Å². The van der Waals surface area contributed by atoms with E-state index in [4.69, 9.17) is 15.7 Å². The number of rotatable bonds is 6. The van der Waals surface area contributed by atoms with Crippen LogP contribution in [0.3, 0.4) is 0 Å². The Bertz CT molecular complexity index is 629. The number of benzene rings is 2. The van der Waals surface area contributed by atoms with Gasteiger partial charge in [0.1, 0.15) is 5.75 Å². The van der Waals surface area contributed by atoms with E-state index in [2.05, 4.69) is 18.3 Å². The maximum atomic E-state index is 8.77. The van der Waals surface area contributed by atoms with Gasteiger partial charge in [0.15, 0.2) is 0 Å². The molecular weight excluding hydrogens is 262 g/mol. The highest BCUT2D eigenvalue weighted by atomic mass is 16.5. The molecule has 108 valence electrons. The molecule has 0 heterocycles. The lowest BCUT2D eigenvalue weighted by Crippen LogP contribution is -2.02. The van der Waals surface area contributed by atoms with Crippen LogP contribution in [0.15, 0.2) is 42.5 Å². The second kappa shape index (κ2) is 7.20. The number of anilines is 2. The van der Waals surface area contributed by atoms with Gasteiger partial charge in [-0.05, 0) is 30.2 Å². The molecule has 0 aromatic heterocycles. The standard InChI is InChI=1S/C17H19N3O/c1-2-7-21-17-9-15(19)8-16(10-17)20-12-14-5-3-13(11-18)4-6-14/h3-6,8-10,20H,2,7,12,19H2,1H3. The Hall–Kier alpha value is -2.67. The van der Waals surface area contributed by atoms with Gasteiger partial charge in [-0.2, -0.15) is 5.26 Å². The summed E-state index contributed by atoms with van der Waals surface area (Å²) in [5.41, 5.74) is 9.24. The zero-order chi connectivity index (χ0) is 15.1. The average Bonchev–Trinajstić information content (AvgIpc) is 2.51. The van der Waals surface area contributed by atoms with E-state index in [0.29, 0.717) is 24.4 Å². The number of hydrogen-bond donors (Lipinski definition) is 2. The number of hydrogen-bond acceptors (Lipinski definition) is 4. The monoisotopic (exact) mass is 281 g/mol. The number of nitrogens with two attached hydrogens (primary N) is 1. The van der Waals surface area contributed by atoms with Crippen LogP contribution in [0, 0.1) is 11.3 Å². The average molecular weight is 281 g/mol. The molecule has 3 N–H and O–H groups in total. The van der Waals surface area contributed by atoms with E-state index in [1.165, 1.54) is 0 Å². The molecule has 0 atom stereocenters.